The first kappa shape index (κ1) is 11.1. The number of aromatic nitrogens is 1. The van der Waals surface area contributed by atoms with Crippen LogP contribution in [0.3, 0.4) is 0 Å². The first-order valence-corrected chi connectivity index (χ1v) is 7.03. The highest BCUT2D eigenvalue weighted by Crippen LogP contribution is 2.37. The van der Waals surface area contributed by atoms with Gasteiger partial charge in [0.05, 0.1) is 6.10 Å². The van der Waals surface area contributed by atoms with Gasteiger partial charge in [-0.15, -0.1) is 0 Å². The lowest BCUT2D eigenvalue weighted by Gasteiger charge is -2.18. The van der Waals surface area contributed by atoms with E-state index >= 15 is 0 Å². The average molecular weight is 245 g/mol. The van der Waals surface area contributed by atoms with Crippen LogP contribution < -0.4 is 0 Å². The summed E-state index contributed by atoms with van der Waals surface area (Å²) < 4.78 is 0. The Labute approximate surface area is 105 Å². The van der Waals surface area contributed by atoms with Gasteiger partial charge >= 0.3 is 0 Å². The van der Waals surface area contributed by atoms with E-state index in [4.69, 9.17) is 0 Å². The molecule has 2 heterocycles. The van der Waals surface area contributed by atoms with Crippen LogP contribution in [0.1, 0.15) is 24.5 Å². The van der Waals surface area contributed by atoms with E-state index in [-0.39, 0.29) is 6.10 Å². The third-order valence-electron chi connectivity index (χ3n) is 3.33. The molecule has 0 aliphatic carbocycles. The Kier molecular flexibility index (Phi) is 3.04. The summed E-state index contributed by atoms with van der Waals surface area (Å²) in [5.41, 5.74) is 0.975. The van der Waals surface area contributed by atoms with E-state index in [9.17, 15) is 5.11 Å². The van der Waals surface area contributed by atoms with Crippen molar-refractivity contribution in [2.75, 3.05) is 5.75 Å². The van der Waals surface area contributed by atoms with Crippen LogP contribution >= 0.6 is 11.8 Å². The molecule has 1 aromatic heterocycles. The fraction of sp³-hybridized carbons (Fsp3) is 0.357. The molecule has 2 atom stereocenters. The first-order chi connectivity index (χ1) is 8.36. The lowest BCUT2D eigenvalue weighted by atomic mass is 10.00. The maximum Gasteiger partial charge on any atom is 0.0929 e. The van der Waals surface area contributed by atoms with Gasteiger partial charge in [0.25, 0.3) is 0 Å². The number of fused-ring (bicyclic) bond motifs is 1. The van der Waals surface area contributed by atoms with Gasteiger partial charge < -0.3 is 5.11 Å². The van der Waals surface area contributed by atoms with E-state index in [0.29, 0.717) is 5.25 Å². The summed E-state index contributed by atoms with van der Waals surface area (Å²) in [6, 6.07) is 8.13. The van der Waals surface area contributed by atoms with Crippen LogP contribution in [0.15, 0.2) is 36.7 Å². The van der Waals surface area contributed by atoms with Gasteiger partial charge in [0, 0.05) is 28.6 Å². The summed E-state index contributed by atoms with van der Waals surface area (Å²) in [5.74, 6) is 1.17. The van der Waals surface area contributed by atoms with Crippen molar-refractivity contribution in [2.24, 2.45) is 0 Å². The molecule has 0 radical (unpaired) electrons. The maximum absolute atomic E-state index is 10.5. The van der Waals surface area contributed by atoms with E-state index in [2.05, 4.69) is 11.1 Å². The highest BCUT2D eigenvalue weighted by Gasteiger charge is 2.26. The molecule has 3 rings (SSSR count). The van der Waals surface area contributed by atoms with Crippen LogP contribution in [0.25, 0.3) is 10.8 Å². The van der Waals surface area contributed by atoms with Crippen molar-refractivity contribution in [1.82, 2.24) is 4.98 Å². The second kappa shape index (κ2) is 4.67. The van der Waals surface area contributed by atoms with Gasteiger partial charge in [0.15, 0.2) is 0 Å². The lowest BCUT2D eigenvalue weighted by Crippen LogP contribution is -2.12. The Morgan fingerprint density at radius 1 is 1.29 bits per heavy atom. The minimum Gasteiger partial charge on any atom is -0.387 e. The molecule has 2 unspecified atom stereocenters. The number of pyridine rings is 1. The third-order valence-corrected chi connectivity index (χ3v) is 4.78. The molecule has 1 saturated heterocycles. The molecule has 0 saturated carbocycles. The quantitative estimate of drug-likeness (QED) is 0.882. The lowest BCUT2D eigenvalue weighted by molar-refractivity contribution is 0.174. The van der Waals surface area contributed by atoms with Crippen LogP contribution in [0, 0.1) is 0 Å². The summed E-state index contributed by atoms with van der Waals surface area (Å²) in [6.45, 7) is 0. The molecule has 2 nitrogen and oxygen atoms in total. The Hall–Kier alpha value is -1.06. The van der Waals surface area contributed by atoms with Crippen LogP contribution in [0.5, 0.6) is 0 Å². The monoisotopic (exact) mass is 245 g/mol. The zero-order chi connectivity index (χ0) is 11.7. The zero-order valence-electron chi connectivity index (χ0n) is 9.54. The number of aliphatic hydroxyl groups is 1. The topological polar surface area (TPSA) is 33.1 Å². The van der Waals surface area contributed by atoms with Crippen molar-refractivity contribution in [3.05, 3.63) is 42.2 Å². The highest BCUT2D eigenvalue weighted by atomic mass is 32.2. The summed E-state index contributed by atoms with van der Waals surface area (Å²) in [6.07, 6.45) is 5.60. The van der Waals surface area contributed by atoms with Crippen molar-refractivity contribution < 1.29 is 5.11 Å². The Bertz CT molecular complexity index is 517. The van der Waals surface area contributed by atoms with Gasteiger partial charge in [-0.2, -0.15) is 11.8 Å². The number of thioether (sulfide) groups is 1. The molecule has 1 fully saturated rings. The highest BCUT2D eigenvalue weighted by molar-refractivity contribution is 8.00. The first-order valence-electron chi connectivity index (χ1n) is 5.98. The smallest absolute Gasteiger partial charge is 0.0929 e. The van der Waals surface area contributed by atoms with Gasteiger partial charge in [-0.1, -0.05) is 24.3 Å². The second-order valence-electron chi connectivity index (χ2n) is 4.45. The zero-order valence-corrected chi connectivity index (χ0v) is 10.4. The minimum absolute atomic E-state index is 0.336. The minimum atomic E-state index is -0.388. The third kappa shape index (κ3) is 2.05. The van der Waals surface area contributed by atoms with Crippen LogP contribution in [-0.4, -0.2) is 21.1 Å². The molecule has 3 heteroatoms. The predicted molar refractivity (Wildman–Crippen MR) is 72.2 cm³/mol. The van der Waals surface area contributed by atoms with Crippen LogP contribution in [0.4, 0.5) is 0 Å². The van der Waals surface area contributed by atoms with E-state index in [0.717, 1.165) is 22.8 Å². The average Bonchev–Trinajstić information content (AvgIpc) is 2.91. The van der Waals surface area contributed by atoms with Gasteiger partial charge in [0.1, 0.15) is 0 Å². The number of hydrogen-bond donors (Lipinski definition) is 1. The van der Waals surface area contributed by atoms with Crippen molar-refractivity contribution in [3.8, 4) is 0 Å². The van der Waals surface area contributed by atoms with Gasteiger partial charge in [0.2, 0.25) is 0 Å². The molecule has 1 aliphatic heterocycles. The SMILES string of the molecule is OC(c1cncc2ccccc12)C1CCCS1. The van der Waals surface area contributed by atoms with E-state index in [1.54, 1.807) is 0 Å². The predicted octanol–water partition coefficient (Wildman–Crippen LogP) is 3.16. The fourth-order valence-corrected chi connectivity index (χ4v) is 3.73. The Balaban J connectivity index is 2.04. The van der Waals surface area contributed by atoms with Gasteiger partial charge in [-0.3, -0.25) is 4.98 Å². The second-order valence-corrected chi connectivity index (χ2v) is 5.79. The molecule has 0 spiro atoms. The molecule has 1 aliphatic rings. The van der Waals surface area contributed by atoms with Crippen LogP contribution in [-0.2, 0) is 0 Å². The molecular formula is C14H15NOS. The molecule has 1 aromatic carbocycles. The van der Waals surface area contributed by atoms with Crippen molar-refractivity contribution in [2.45, 2.75) is 24.2 Å². The fourth-order valence-electron chi connectivity index (χ4n) is 2.43. The molecule has 0 bridgehead atoms. The number of hydrogen-bond acceptors (Lipinski definition) is 3. The van der Waals surface area contributed by atoms with E-state index in [1.807, 2.05) is 42.4 Å². The summed E-state index contributed by atoms with van der Waals surface area (Å²) >= 11 is 1.88. The molecule has 1 N–H and O–H groups in total. The summed E-state index contributed by atoms with van der Waals surface area (Å²) in [4.78, 5) is 4.24. The van der Waals surface area contributed by atoms with Gasteiger partial charge in [-0.25, -0.2) is 0 Å². The molecule has 0 amide bonds. The molecule has 2 aromatic rings. The normalized spacial score (nSPS) is 21.8. The van der Waals surface area contributed by atoms with E-state index < -0.39 is 0 Å². The Morgan fingerprint density at radius 3 is 3.00 bits per heavy atom. The standard InChI is InChI=1S/C14H15NOS/c16-14(13-6-3-7-17-13)12-9-15-8-10-4-1-2-5-11(10)12/h1-2,4-5,8-9,13-14,16H,3,6-7H2. The summed E-state index contributed by atoms with van der Waals surface area (Å²) in [5, 5.41) is 13.0. The van der Waals surface area contributed by atoms with Crippen molar-refractivity contribution >= 4 is 22.5 Å². The molecule has 88 valence electrons. The number of aliphatic hydroxyl groups excluding tert-OH is 1. The Morgan fingerprint density at radius 2 is 2.18 bits per heavy atom. The molecule has 17 heavy (non-hydrogen) atoms. The largest absolute Gasteiger partial charge is 0.387 e. The van der Waals surface area contributed by atoms with Crippen molar-refractivity contribution in [1.29, 1.82) is 0 Å². The maximum atomic E-state index is 10.5. The molecular weight excluding hydrogens is 230 g/mol. The van der Waals surface area contributed by atoms with Gasteiger partial charge in [-0.05, 0) is 24.0 Å². The number of nitrogens with zero attached hydrogens (tertiary/aromatic N) is 1. The van der Waals surface area contributed by atoms with Crippen molar-refractivity contribution in [3.63, 3.8) is 0 Å². The number of rotatable bonds is 2. The van der Waals surface area contributed by atoms with E-state index in [1.165, 1.54) is 12.2 Å². The number of benzene rings is 1. The van der Waals surface area contributed by atoms with Crippen LogP contribution in [0.2, 0.25) is 0 Å². The summed E-state index contributed by atoms with van der Waals surface area (Å²) in [7, 11) is 0.